The number of carbonyl (C=O) groups excluding carboxylic acids is 1. The van der Waals surface area contributed by atoms with E-state index >= 15 is 0 Å². The van der Waals surface area contributed by atoms with E-state index in [0.29, 0.717) is 5.56 Å². The molecule has 0 heterocycles. The lowest BCUT2D eigenvalue weighted by atomic mass is 9.97. The molecule has 1 unspecified atom stereocenters. The summed E-state index contributed by atoms with van der Waals surface area (Å²) in [6.45, 7) is 1.91. The third-order valence-electron chi connectivity index (χ3n) is 2.55. The van der Waals surface area contributed by atoms with Gasteiger partial charge in [0.2, 0.25) is 0 Å². The fourth-order valence-corrected chi connectivity index (χ4v) is 1.63. The third-order valence-corrected chi connectivity index (χ3v) is 2.55. The molecule has 82 valence electrons. The summed E-state index contributed by atoms with van der Waals surface area (Å²) in [6, 6.07) is 9.05. The average molecular weight is 214 g/mol. The molecule has 1 aliphatic carbocycles. The van der Waals surface area contributed by atoms with Crippen molar-refractivity contribution in [3.05, 3.63) is 60.2 Å². The quantitative estimate of drug-likeness (QED) is 0.707. The van der Waals surface area contributed by atoms with Crippen molar-refractivity contribution in [2.75, 3.05) is 0 Å². The van der Waals surface area contributed by atoms with Crippen LogP contribution in [0.25, 0.3) is 0 Å². The van der Waals surface area contributed by atoms with Crippen LogP contribution in [0.5, 0.6) is 0 Å². The van der Waals surface area contributed by atoms with E-state index in [1.54, 1.807) is 12.1 Å². The van der Waals surface area contributed by atoms with Crippen molar-refractivity contribution in [3.63, 3.8) is 0 Å². The Hall–Kier alpha value is -1.83. The van der Waals surface area contributed by atoms with E-state index in [0.717, 1.165) is 6.42 Å². The van der Waals surface area contributed by atoms with Crippen LogP contribution in [0.3, 0.4) is 0 Å². The van der Waals surface area contributed by atoms with Gasteiger partial charge in [-0.15, -0.1) is 0 Å². The first-order valence-electron chi connectivity index (χ1n) is 5.32. The van der Waals surface area contributed by atoms with Gasteiger partial charge in [0, 0.05) is 6.42 Å². The molecule has 1 aliphatic rings. The van der Waals surface area contributed by atoms with Crippen molar-refractivity contribution in [2.45, 2.75) is 18.9 Å². The monoisotopic (exact) mass is 214 g/mol. The van der Waals surface area contributed by atoms with Crippen molar-refractivity contribution < 1.29 is 9.53 Å². The first kappa shape index (κ1) is 10.7. The molecule has 0 radical (unpaired) electrons. The lowest BCUT2D eigenvalue weighted by Gasteiger charge is -2.26. The van der Waals surface area contributed by atoms with Crippen molar-refractivity contribution >= 4 is 5.97 Å². The number of allylic oxidation sites excluding steroid dienone is 2. The second kappa shape index (κ2) is 4.35. The van der Waals surface area contributed by atoms with Gasteiger partial charge < -0.3 is 4.74 Å². The maximum atomic E-state index is 11.8. The molecule has 0 fully saturated rings. The second-order valence-electron chi connectivity index (χ2n) is 4.06. The number of ether oxygens (including phenoxy) is 1. The lowest BCUT2D eigenvalue weighted by molar-refractivity contribution is 0.0116. The summed E-state index contributed by atoms with van der Waals surface area (Å²) in [7, 11) is 0. The summed E-state index contributed by atoms with van der Waals surface area (Å²) >= 11 is 0. The van der Waals surface area contributed by atoms with Crippen LogP contribution in [0, 0.1) is 0 Å². The number of carbonyl (C=O) groups is 1. The first-order valence-corrected chi connectivity index (χ1v) is 5.32. The number of rotatable bonds is 2. The van der Waals surface area contributed by atoms with Crippen LogP contribution in [-0.4, -0.2) is 11.6 Å². The largest absolute Gasteiger partial charge is 0.451 e. The predicted octanol–water partition coefficient (Wildman–Crippen LogP) is 3.12. The minimum absolute atomic E-state index is 0.275. The molecule has 0 N–H and O–H groups in total. The minimum atomic E-state index is -0.512. The highest BCUT2D eigenvalue weighted by Gasteiger charge is 2.25. The van der Waals surface area contributed by atoms with Crippen LogP contribution in [-0.2, 0) is 4.74 Å². The molecule has 0 aromatic heterocycles. The molecule has 2 heteroatoms. The second-order valence-corrected chi connectivity index (χ2v) is 4.06. The van der Waals surface area contributed by atoms with Gasteiger partial charge in [0.15, 0.2) is 0 Å². The van der Waals surface area contributed by atoms with Crippen molar-refractivity contribution in [1.82, 2.24) is 0 Å². The summed E-state index contributed by atoms with van der Waals surface area (Å²) in [5.41, 5.74) is 0.0773. The van der Waals surface area contributed by atoms with Gasteiger partial charge in [0.05, 0.1) is 5.56 Å². The molecule has 1 aromatic rings. The summed E-state index contributed by atoms with van der Waals surface area (Å²) < 4.78 is 5.49. The molecule has 1 atom stereocenters. The summed E-state index contributed by atoms with van der Waals surface area (Å²) in [4.78, 5) is 11.8. The maximum absolute atomic E-state index is 11.8. The maximum Gasteiger partial charge on any atom is 0.338 e. The Morgan fingerprint density at radius 2 is 2.00 bits per heavy atom. The Labute approximate surface area is 95.2 Å². The van der Waals surface area contributed by atoms with E-state index in [1.165, 1.54) is 0 Å². The first-order chi connectivity index (χ1) is 7.70. The van der Waals surface area contributed by atoms with E-state index < -0.39 is 5.60 Å². The van der Waals surface area contributed by atoms with E-state index in [1.807, 2.05) is 49.4 Å². The Morgan fingerprint density at radius 1 is 1.25 bits per heavy atom. The minimum Gasteiger partial charge on any atom is -0.451 e. The van der Waals surface area contributed by atoms with Crippen molar-refractivity contribution in [1.29, 1.82) is 0 Å². The standard InChI is InChI=1S/C14H14O2/c1-14(10-6-3-7-11-14)16-13(15)12-8-4-2-5-9-12/h2-10H,11H2,1H3. The van der Waals surface area contributed by atoms with E-state index in [9.17, 15) is 4.79 Å². The van der Waals surface area contributed by atoms with Crippen molar-refractivity contribution in [3.8, 4) is 0 Å². The third kappa shape index (κ3) is 2.40. The van der Waals surface area contributed by atoms with Crippen LogP contribution in [0.15, 0.2) is 54.6 Å². The molecular weight excluding hydrogens is 200 g/mol. The van der Waals surface area contributed by atoms with Gasteiger partial charge in [-0.2, -0.15) is 0 Å². The molecule has 1 aromatic carbocycles. The van der Waals surface area contributed by atoms with Gasteiger partial charge in [-0.25, -0.2) is 4.79 Å². The average Bonchev–Trinajstić information content (AvgIpc) is 2.30. The fraction of sp³-hybridized carbons (Fsp3) is 0.214. The Kier molecular flexibility index (Phi) is 2.91. The highest BCUT2D eigenvalue weighted by molar-refractivity contribution is 5.89. The number of hydrogen-bond acceptors (Lipinski definition) is 2. The van der Waals surface area contributed by atoms with E-state index in [4.69, 9.17) is 4.74 Å². The van der Waals surface area contributed by atoms with Gasteiger partial charge in [0.1, 0.15) is 5.60 Å². The van der Waals surface area contributed by atoms with Crippen LogP contribution in [0.2, 0.25) is 0 Å². The zero-order valence-electron chi connectivity index (χ0n) is 9.22. The fourth-order valence-electron chi connectivity index (χ4n) is 1.63. The normalized spacial score (nSPS) is 23.1. The van der Waals surface area contributed by atoms with Crippen molar-refractivity contribution in [2.24, 2.45) is 0 Å². The van der Waals surface area contributed by atoms with E-state index in [2.05, 4.69) is 0 Å². The molecule has 0 saturated heterocycles. The molecule has 2 nitrogen and oxygen atoms in total. The number of benzene rings is 1. The van der Waals surface area contributed by atoms with Gasteiger partial charge in [-0.1, -0.05) is 36.4 Å². The zero-order valence-corrected chi connectivity index (χ0v) is 9.22. The smallest absolute Gasteiger partial charge is 0.338 e. The number of esters is 1. The predicted molar refractivity (Wildman–Crippen MR) is 63.2 cm³/mol. The highest BCUT2D eigenvalue weighted by Crippen LogP contribution is 2.23. The van der Waals surface area contributed by atoms with Gasteiger partial charge in [-0.3, -0.25) is 0 Å². The molecule has 0 saturated carbocycles. The molecular formula is C14H14O2. The molecule has 0 amide bonds. The Balaban J connectivity index is 2.08. The topological polar surface area (TPSA) is 26.3 Å². The lowest BCUT2D eigenvalue weighted by Crippen LogP contribution is -2.29. The summed E-state index contributed by atoms with van der Waals surface area (Å²) in [5, 5.41) is 0. The molecule has 0 bridgehead atoms. The zero-order chi connectivity index (χ0) is 11.4. The van der Waals surface area contributed by atoms with Crippen LogP contribution in [0.4, 0.5) is 0 Å². The van der Waals surface area contributed by atoms with E-state index in [-0.39, 0.29) is 5.97 Å². The summed E-state index contributed by atoms with van der Waals surface area (Å²) in [6.07, 6.45) is 8.49. The SMILES string of the molecule is CC1(OC(=O)c2ccccc2)C=CC=CC1. The van der Waals surface area contributed by atoms with Crippen LogP contribution < -0.4 is 0 Å². The molecule has 0 aliphatic heterocycles. The molecule has 2 rings (SSSR count). The Bertz CT molecular complexity index is 431. The summed E-state index contributed by atoms with van der Waals surface area (Å²) in [5.74, 6) is -0.275. The van der Waals surface area contributed by atoms with Gasteiger partial charge >= 0.3 is 5.97 Å². The highest BCUT2D eigenvalue weighted by atomic mass is 16.6. The van der Waals surface area contributed by atoms with Crippen LogP contribution in [0.1, 0.15) is 23.7 Å². The van der Waals surface area contributed by atoms with Gasteiger partial charge in [0.25, 0.3) is 0 Å². The van der Waals surface area contributed by atoms with Crippen LogP contribution >= 0.6 is 0 Å². The Morgan fingerprint density at radius 3 is 2.62 bits per heavy atom. The van der Waals surface area contributed by atoms with Gasteiger partial charge in [-0.05, 0) is 25.1 Å². The molecule has 0 spiro atoms. The number of hydrogen-bond donors (Lipinski definition) is 0. The molecule has 16 heavy (non-hydrogen) atoms.